The van der Waals surface area contributed by atoms with Crippen LogP contribution in [-0.4, -0.2) is 91.2 Å². The molecule has 9 N–H and O–H groups in total. The van der Waals surface area contributed by atoms with Crippen LogP contribution in [0.25, 0.3) is 0 Å². The van der Waals surface area contributed by atoms with Gasteiger partial charge in [0.15, 0.2) is 0 Å². The van der Waals surface area contributed by atoms with Crippen LogP contribution >= 0.6 is 0 Å². The minimum Gasteiger partial charge on any atom is -0.355 e. The van der Waals surface area contributed by atoms with Gasteiger partial charge in [-0.25, -0.2) is 0 Å². The summed E-state index contributed by atoms with van der Waals surface area (Å²) in [5.41, 5.74) is 23.3. The highest BCUT2D eigenvalue weighted by Gasteiger charge is 2.17. The van der Waals surface area contributed by atoms with E-state index in [9.17, 15) is 19.2 Å². The molecule has 0 fully saturated rings. The number of hydrogen-bond acceptors (Lipinski definition) is 8. The maximum Gasteiger partial charge on any atom is 0.236 e. The van der Waals surface area contributed by atoms with Crippen molar-refractivity contribution in [3.63, 3.8) is 0 Å². The van der Waals surface area contributed by atoms with E-state index in [2.05, 4.69) is 48.4 Å². The molecular weight excluding hydrogens is 895 g/mol. The lowest BCUT2D eigenvalue weighted by Gasteiger charge is -2.24. The van der Waals surface area contributed by atoms with Gasteiger partial charge < -0.3 is 38.1 Å². The average Bonchev–Trinajstić information content (AvgIpc) is 3.38. The molecule has 0 saturated heterocycles. The second kappa shape index (κ2) is 54.7. The molecular formula is C61H119N7O4. The first-order valence-electron chi connectivity index (χ1n) is 30.8. The van der Waals surface area contributed by atoms with Crippen LogP contribution in [0.3, 0.4) is 0 Å². The van der Waals surface area contributed by atoms with E-state index in [1.54, 1.807) is 0 Å². The van der Waals surface area contributed by atoms with Crippen LogP contribution in [0.5, 0.6) is 0 Å². The van der Waals surface area contributed by atoms with Crippen molar-refractivity contribution < 1.29 is 19.2 Å². The third-order valence-corrected chi connectivity index (χ3v) is 14.3. The largest absolute Gasteiger partial charge is 0.355 e. The number of carbonyl (C=O) groups is 4. The van der Waals surface area contributed by atoms with Crippen LogP contribution in [0.4, 0.5) is 0 Å². The van der Waals surface area contributed by atoms with Crippen LogP contribution in [0.2, 0.25) is 0 Å². The summed E-state index contributed by atoms with van der Waals surface area (Å²) in [5, 5.41) is 2.96. The fraction of sp³-hybridized carbons (Fsp3) is 0.869. The van der Waals surface area contributed by atoms with Gasteiger partial charge in [-0.1, -0.05) is 167 Å². The second-order valence-electron chi connectivity index (χ2n) is 21.2. The maximum absolute atomic E-state index is 13.5. The van der Waals surface area contributed by atoms with Crippen molar-refractivity contribution in [2.45, 2.75) is 296 Å². The average molecular weight is 1010 g/mol. The third-order valence-electron chi connectivity index (χ3n) is 14.3. The smallest absolute Gasteiger partial charge is 0.236 e. The summed E-state index contributed by atoms with van der Waals surface area (Å²) < 4.78 is 0. The van der Waals surface area contributed by atoms with Crippen LogP contribution in [0.1, 0.15) is 284 Å². The van der Waals surface area contributed by atoms with Crippen molar-refractivity contribution in [1.82, 2.24) is 15.1 Å². The number of nitrogens with zero attached hydrogens (tertiary/aromatic N) is 2. The van der Waals surface area contributed by atoms with Gasteiger partial charge in [0.25, 0.3) is 0 Å². The molecule has 0 heterocycles. The molecule has 2 atom stereocenters. The van der Waals surface area contributed by atoms with Gasteiger partial charge in [-0.2, -0.15) is 0 Å². The summed E-state index contributed by atoms with van der Waals surface area (Å²) in [7, 11) is 0. The zero-order valence-corrected chi connectivity index (χ0v) is 47.4. The van der Waals surface area contributed by atoms with Crippen LogP contribution in [0.15, 0.2) is 24.3 Å². The minimum atomic E-state index is -0.545. The van der Waals surface area contributed by atoms with Gasteiger partial charge in [0, 0.05) is 52.0 Å². The normalized spacial score (nSPS) is 12.5. The number of unbranched alkanes of at least 4 members (excludes halogenated alkanes) is 28. The molecule has 72 heavy (non-hydrogen) atoms. The number of amides is 3. The number of ketones is 1. The van der Waals surface area contributed by atoms with E-state index < -0.39 is 12.1 Å². The van der Waals surface area contributed by atoms with E-state index in [1.807, 2.05) is 4.90 Å². The van der Waals surface area contributed by atoms with Gasteiger partial charge >= 0.3 is 0 Å². The molecule has 3 amide bonds. The highest BCUT2D eigenvalue weighted by molar-refractivity contribution is 5.83. The Bertz CT molecular complexity index is 1200. The molecule has 0 radical (unpaired) electrons. The number of hydrogen-bond donors (Lipinski definition) is 5. The summed E-state index contributed by atoms with van der Waals surface area (Å²) in [6.45, 7) is 8.94. The van der Waals surface area contributed by atoms with Crippen LogP contribution in [-0.2, 0) is 19.2 Å². The summed E-state index contributed by atoms with van der Waals surface area (Å²) in [6.07, 6.45) is 54.5. The lowest BCUT2D eigenvalue weighted by atomic mass is 10.0. The molecule has 11 heteroatoms. The lowest BCUT2D eigenvalue weighted by molar-refractivity contribution is -0.132. The van der Waals surface area contributed by atoms with Crippen molar-refractivity contribution in [2.75, 3.05) is 45.8 Å². The Hall–Kier alpha value is -2.60. The number of allylic oxidation sites excluding steroid dienone is 4. The molecule has 0 aromatic rings. The molecule has 0 aliphatic heterocycles. The molecule has 0 spiro atoms. The van der Waals surface area contributed by atoms with Crippen LogP contribution < -0.4 is 28.3 Å². The zero-order valence-electron chi connectivity index (χ0n) is 47.4. The third kappa shape index (κ3) is 46.0. The number of carbonyl (C=O) groups excluding carboxylic acids is 4. The number of rotatable bonds is 56. The fourth-order valence-corrected chi connectivity index (χ4v) is 9.41. The predicted molar refractivity (Wildman–Crippen MR) is 309 cm³/mol. The summed E-state index contributed by atoms with van der Waals surface area (Å²) >= 11 is 0. The molecule has 0 saturated carbocycles. The molecule has 422 valence electrons. The zero-order chi connectivity index (χ0) is 52.8. The maximum atomic E-state index is 13.5. The van der Waals surface area contributed by atoms with Gasteiger partial charge in [0.05, 0.1) is 12.1 Å². The van der Waals surface area contributed by atoms with E-state index in [1.165, 1.54) is 128 Å². The quantitative estimate of drug-likeness (QED) is 0.0294. The number of nitrogens with one attached hydrogen (secondary N) is 1. The Morgan fingerprint density at radius 3 is 1.11 bits per heavy atom. The molecule has 0 rings (SSSR count). The topological polar surface area (TPSA) is 191 Å². The summed E-state index contributed by atoms with van der Waals surface area (Å²) in [5.74, 6) is 0.430. The second-order valence-corrected chi connectivity index (χ2v) is 21.2. The Labute approximate surface area is 444 Å². The highest BCUT2D eigenvalue weighted by atomic mass is 16.2. The molecule has 0 aliphatic carbocycles. The van der Waals surface area contributed by atoms with E-state index in [0.29, 0.717) is 71.2 Å². The first kappa shape index (κ1) is 69.4. The molecule has 0 aliphatic rings. The first-order chi connectivity index (χ1) is 35.2. The molecule has 0 bridgehead atoms. The van der Waals surface area contributed by atoms with Gasteiger partial charge in [0.2, 0.25) is 17.7 Å². The highest BCUT2D eigenvalue weighted by Crippen LogP contribution is 2.16. The van der Waals surface area contributed by atoms with Gasteiger partial charge in [-0.05, 0) is 135 Å². The van der Waals surface area contributed by atoms with E-state index in [-0.39, 0.29) is 23.5 Å². The molecule has 0 aromatic heterocycles. The number of nitrogens with two attached hydrogens (primary N) is 4. The Kier molecular flexibility index (Phi) is 52.7. The van der Waals surface area contributed by atoms with Crippen molar-refractivity contribution in [3.05, 3.63) is 24.3 Å². The van der Waals surface area contributed by atoms with Crippen molar-refractivity contribution >= 4 is 23.5 Å². The molecule has 11 nitrogen and oxygen atoms in total. The first-order valence-corrected chi connectivity index (χ1v) is 30.8. The Morgan fingerprint density at radius 2 is 0.708 bits per heavy atom. The van der Waals surface area contributed by atoms with E-state index in [0.717, 1.165) is 116 Å². The van der Waals surface area contributed by atoms with E-state index in [4.69, 9.17) is 22.9 Å². The Morgan fingerprint density at radius 1 is 0.389 bits per heavy atom. The SMILES string of the molecule is CCCCCCCC/C=C\CCCCCCCC(=O)N(CCCCCCCCN(CCCNC(=O)[C@@H](N)CCCN)C(=O)CCCCCCC/C=C\CCCCCCCC)CCCCC(=O)[C@@H](N)CCCN. The standard InChI is InChI=1S/C61H119N7O4/c1-3-5-7-9-11-13-15-17-19-21-23-25-27-31-35-47-59(70)67(54-40-37-46-58(69)56(64)44-41-49-62)52-38-33-29-30-34-39-53-68(55-43-51-66-61(72)57(65)45-42-50-63)60(71)48-36-32-28-26-24-22-20-18-16-14-12-10-8-6-4-2/h17-20,56-57H,3-16,21-55,62-65H2,1-2H3,(H,66,72)/b19-17-,20-18-/t56-,57-/m0/s1. The Balaban J connectivity index is 4.84. The van der Waals surface area contributed by atoms with Crippen molar-refractivity contribution in [3.8, 4) is 0 Å². The summed E-state index contributed by atoms with van der Waals surface area (Å²) in [4.78, 5) is 56.1. The molecule has 0 aromatic carbocycles. The van der Waals surface area contributed by atoms with Gasteiger partial charge in [0.1, 0.15) is 5.78 Å². The van der Waals surface area contributed by atoms with E-state index >= 15 is 0 Å². The predicted octanol–water partition coefficient (Wildman–Crippen LogP) is 13.4. The van der Waals surface area contributed by atoms with Crippen LogP contribution in [0, 0.1) is 0 Å². The lowest BCUT2D eigenvalue weighted by Crippen LogP contribution is -2.42. The number of Topliss-reactive ketones (excluding diaryl/α,β-unsaturated/α-hetero) is 1. The minimum absolute atomic E-state index is 0.101. The van der Waals surface area contributed by atoms with Crippen molar-refractivity contribution in [2.24, 2.45) is 22.9 Å². The van der Waals surface area contributed by atoms with Gasteiger partial charge in [-0.15, -0.1) is 0 Å². The van der Waals surface area contributed by atoms with Gasteiger partial charge in [-0.3, -0.25) is 19.2 Å². The van der Waals surface area contributed by atoms with Crippen molar-refractivity contribution in [1.29, 1.82) is 0 Å². The molecule has 0 unspecified atom stereocenters. The summed E-state index contributed by atoms with van der Waals surface area (Å²) in [6, 6.07) is -0.981. The monoisotopic (exact) mass is 1010 g/mol. The fourth-order valence-electron chi connectivity index (χ4n) is 9.41.